The lowest BCUT2D eigenvalue weighted by atomic mass is 9.81. The van der Waals surface area contributed by atoms with Gasteiger partial charge in [-0.3, -0.25) is 4.79 Å². The number of hydrogen-bond acceptors (Lipinski definition) is 3. The summed E-state index contributed by atoms with van der Waals surface area (Å²) in [5.41, 5.74) is -0.707. The number of fused-ring (bicyclic) bond motifs is 1. The Hall–Kier alpha value is -1.69. The zero-order valence-corrected chi connectivity index (χ0v) is 14.7. The number of carboxylic acid groups (broad SMARTS) is 1. The van der Waals surface area contributed by atoms with Gasteiger partial charge < -0.3 is 15.3 Å². The summed E-state index contributed by atoms with van der Waals surface area (Å²) in [5, 5.41) is 12.8. The second-order valence-electron chi connectivity index (χ2n) is 6.86. The summed E-state index contributed by atoms with van der Waals surface area (Å²) in [6.45, 7) is 3.56. The fourth-order valence-electron chi connectivity index (χ4n) is 3.91. The van der Waals surface area contributed by atoms with Gasteiger partial charge in [0.05, 0.1) is 5.41 Å². The first kappa shape index (κ1) is 17.1. The molecule has 1 aromatic rings. The van der Waals surface area contributed by atoms with E-state index >= 15 is 0 Å². The van der Waals surface area contributed by atoms with Crippen molar-refractivity contribution in [1.82, 2.24) is 10.2 Å². The predicted molar refractivity (Wildman–Crippen MR) is 94.1 cm³/mol. The Bertz CT molecular complexity index is 610. The maximum absolute atomic E-state index is 12.4. The zero-order chi connectivity index (χ0) is 17.2. The first-order chi connectivity index (χ1) is 11.5. The van der Waals surface area contributed by atoms with Gasteiger partial charge in [0.15, 0.2) is 0 Å². The minimum Gasteiger partial charge on any atom is -0.481 e. The first-order valence-corrected chi connectivity index (χ1v) is 9.37. The fraction of sp³-hybridized carbons (Fsp3) is 0.556. The molecule has 0 spiro atoms. The first-order valence-electron chi connectivity index (χ1n) is 8.49. The van der Waals surface area contributed by atoms with Gasteiger partial charge >= 0.3 is 12.0 Å². The van der Waals surface area contributed by atoms with Gasteiger partial charge in [0.1, 0.15) is 0 Å². The second kappa shape index (κ2) is 7.05. The topological polar surface area (TPSA) is 69.6 Å². The number of carbonyl (C=O) groups is 2. The van der Waals surface area contributed by atoms with Crippen molar-refractivity contribution in [2.24, 2.45) is 11.3 Å². The molecule has 6 heteroatoms. The Kier molecular flexibility index (Phi) is 5.04. The SMILES string of the molecule is CC(CNC(=O)N1C[C@@H]2CCC[C@@]2(C(=O)O)C1)Sc1ccccc1. The zero-order valence-electron chi connectivity index (χ0n) is 13.9. The molecule has 2 fully saturated rings. The van der Waals surface area contributed by atoms with Crippen molar-refractivity contribution in [3.05, 3.63) is 30.3 Å². The van der Waals surface area contributed by atoms with Gasteiger partial charge in [0.2, 0.25) is 0 Å². The minimum absolute atomic E-state index is 0.108. The summed E-state index contributed by atoms with van der Waals surface area (Å²) >= 11 is 1.72. The number of aliphatic carboxylic acids is 1. The van der Waals surface area contributed by atoms with Crippen LogP contribution < -0.4 is 5.32 Å². The number of amides is 2. The molecule has 24 heavy (non-hydrogen) atoms. The number of nitrogens with one attached hydrogen (secondary N) is 1. The highest BCUT2D eigenvalue weighted by Gasteiger charge is 2.55. The molecule has 0 aromatic heterocycles. The molecule has 1 saturated heterocycles. The summed E-state index contributed by atoms with van der Waals surface area (Å²) in [6.07, 6.45) is 2.56. The lowest BCUT2D eigenvalue weighted by Gasteiger charge is -2.23. The van der Waals surface area contributed by atoms with Crippen LogP contribution >= 0.6 is 11.8 Å². The third-order valence-electron chi connectivity index (χ3n) is 5.21. The number of rotatable bonds is 5. The van der Waals surface area contributed by atoms with E-state index in [4.69, 9.17) is 0 Å². The predicted octanol–water partition coefficient (Wildman–Crippen LogP) is 3.06. The van der Waals surface area contributed by atoms with Crippen molar-refractivity contribution < 1.29 is 14.7 Å². The summed E-state index contributed by atoms with van der Waals surface area (Å²) in [4.78, 5) is 27.0. The van der Waals surface area contributed by atoms with Crippen LogP contribution in [0.15, 0.2) is 35.2 Å². The van der Waals surface area contributed by atoms with E-state index in [9.17, 15) is 14.7 Å². The average molecular weight is 348 g/mol. The Morgan fingerprint density at radius 3 is 2.83 bits per heavy atom. The van der Waals surface area contributed by atoms with Gasteiger partial charge in [-0.2, -0.15) is 0 Å². The molecule has 1 aliphatic heterocycles. The Balaban J connectivity index is 1.50. The largest absolute Gasteiger partial charge is 0.481 e. The summed E-state index contributed by atoms with van der Waals surface area (Å²) < 4.78 is 0. The van der Waals surface area contributed by atoms with E-state index in [1.54, 1.807) is 16.7 Å². The number of thioether (sulfide) groups is 1. The molecular weight excluding hydrogens is 324 g/mol. The second-order valence-corrected chi connectivity index (χ2v) is 8.37. The van der Waals surface area contributed by atoms with Crippen LogP contribution in [0.5, 0.6) is 0 Å². The van der Waals surface area contributed by atoms with Crippen LogP contribution in [0.3, 0.4) is 0 Å². The smallest absolute Gasteiger partial charge is 0.317 e. The number of hydrogen-bond donors (Lipinski definition) is 2. The van der Waals surface area contributed by atoms with Crippen LogP contribution in [0.4, 0.5) is 4.79 Å². The highest BCUT2D eigenvalue weighted by molar-refractivity contribution is 8.00. The van der Waals surface area contributed by atoms with Crippen LogP contribution in [0.25, 0.3) is 0 Å². The van der Waals surface area contributed by atoms with E-state index in [1.807, 2.05) is 18.2 Å². The van der Waals surface area contributed by atoms with Crippen molar-refractivity contribution in [2.75, 3.05) is 19.6 Å². The molecule has 1 unspecified atom stereocenters. The molecule has 1 aromatic carbocycles. The third-order valence-corrected chi connectivity index (χ3v) is 6.32. The van der Waals surface area contributed by atoms with Gasteiger partial charge in [-0.05, 0) is 30.9 Å². The lowest BCUT2D eigenvalue weighted by Crippen LogP contribution is -2.43. The maximum Gasteiger partial charge on any atom is 0.317 e. The van der Waals surface area contributed by atoms with Crippen molar-refractivity contribution in [2.45, 2.75) is 36.3 Å². The maximum atomic E-state index is 12.4. The van der Waals surface area contributed by atoms with Crippen molar-refractivity contribution >= 4 is 23.8 Å². The van der Waals surface area contributed by atoms with Crippen LogP contribution in [-0.4, -0.2) is 46.9 Å². The average Bonchev–Trinajstić information content (AvgIpc) is 3.12. The summed E-state index contributed by atoms with van der Waals surface area (Å²) in [5.74, 6) is -0.634. The minimum atomic E-state index is -0.742. The van der Waals surface area contributed by atoms with Crippen LogP contribution in [0.2, 0.25) is 0 Å². The monoisotopic (exact) mass is 348 g/mol. The molecule has 0 bridgehead atoms. The van der Waals surface area contributed by atoms with Gasteiger partial charge in [0, 0.05) is 29.8 Å². The Morgan fingerprint density at radius 1 is 1.42 bits per heavy atom. The normalized spacial score (nSPS) is 26.9. The molecule has 2 aliphatic rings. The molecule has 1 aliphatic carbocycles. The molecule has 2 amide bonds. The van der Waals surface area contributed by atoms with Gasteiger partial charge in [-0.1, -0.05) is 31.5 Å². The van der Waals surface area contributed by atoms with E-state index in [2.05, 4.69) is 24.4 Å². The van der Waals surface area contributed by atoms with Gasteiger partial charge in [0.25, 0.3) is 0 Å². The number of carbonyl (C=O) groups excluding carboxylic acids is 1. The highest BCUT2D eigenvalue weighted by Crippen LogP contribution is 2.48. The molecule has 130 valence electrons. The van der Waals surface area contributed by atoms with E-state index in [0.717, 1.165) is 12.8 Å². The quantitative estimate of drug-likeness (QED) is 0.803. The van der Waals surface area contributed by atoms with E-state index < -0.39 is 11.4 Å². The standard InChI is InChI=1S/C18H24N2O3S/c1-13(24-15-7-3-2-4-8-15)10-19-17(23)20-11-14-6-5-9-18(14,12-20)16(21)22/h2-4,7-8,13-14H,5-6,9-12H2,1H3,(H,19,23)(H,21,22)/t13?,14-,18+/m0/s1. The number of benzene rings is 1. The van der Waals surface area contributed by atoms with Crippen LogP contribution in [0.1, 0.15) is 26.2 Å². The van der Waals surface area contributed by atoms with Crippen molar-refractivity contribution in [1.29, 1.82) is 0 Å². The van der Waals surface area contributed by atoms with E-state index in [1.165, 1.54) is 4.90 Å². The number of nitrogens with zero attached hydrogens (tertiary/aromatic N) is 1. The summed E-state index contributed by atoms with van der Waals surface area (Å²) in [6, 6.07) is 9.97. The van der Waals surface area contributed by atoms with Crippen LogP contribution in [-0.2, 0) is 4.79 Å². The number of urea groups is 1. The van der Waals surface area contributed by atoms with E-state index in [-0.39, 0.29) is 17.2 Å². The Morgan fingerprint density at radius 2 is 2.17 bits per heavy atom. The fourth-order valence-corrected chi connectivity index (χ4v) is 4.86. The third kappa shape index (κ3) is 3.38. The molecular formula is C18H24N2O3S. The molecule has 3 atom stereocenters. The Labute approximate surface area is 146 Å². The molecule has 5 nitrogen and oxygen atoms in total. The highest BCUT2D eigenvalue weighted by atomic mass is 32.2. The summed E-state index contributed by atoms with van der Waals surface area (Å²) in [7, 11) is 0. The number of carboxylic acids is 1. The molecule has 3 rings (SSSR count). The van der Waals surface area contributed by atoms with Crippen molar-refractivity contribution in [3.8, 4) is 0 Å². The number of likely N-dealkylation sites (tertiary alicyclic amines) is 1. The van der Waals surface area contributed by atoms with Crippen molar-refractivity contribution in [3.63, 3.8) is 0 Å². The van der Waals surface area contributed by atoms with Gasteiger partial charge in [-0.25, -0.2) is 4.79 Å². The lowest BCUT2D eigenvalue weighted by molar-refractivity contribution is -0.149. The van der Waals surface area contributed by atoms with Crippen LogP contribution in [0, 0.1) is 11.3 Å². The molecule has 0 radical (unpaired) electrons. The molecule has 1 heterocycles. The van der Waals surface area contributed by atoms with Gasteiger partial charge in [-0.15, -0.1) is 11.8 Å². The molecule has 1 saturated carbocycles. The molecule has 2 N–H and O–H groups in total. The van der Waals surface area contributed by atoms with E-state index in [0.29, 0.717) is 26.1 Å².